The predicted octanol–water partition coefficient (Wildman–Crippen LogP) is 1.71. The maximum Gasteiger partial charge on any atom is 0.326 e. The van der Waals surface area contributed by atoms with Crippen LogP contribution in [-0.4, -0.2) is 37.2 Å². The molecule has 0 aliphatic rings. The molecule has 22 heavy (non-hydrogen) atoms. The van der Waals surface area contributed by atoms with Crippen molar-refractivity contribution >= 4 is 21.7 Å². The number of carbonyl (C=O) groups is 2. The second kappa shape index (κ2) is 7.40. The lowest BCUT2D eigenvalue weighted by molar-refractivity contribution is -0.139. The van der Waals surface area contributed by atoms with Crippen molar-refractivity contribution in [2.45, 2.75) is 38.1 Å². The number of hydrogen-bond acceptors (Lipinski definition) is 4. The van der Waals surface area contributed by atoms with Crippen LogP contribution in [-0.2, 0) is 14.6 Å². The number of benzene rings is 1. The van der Waals surface area contributed by atoms with E-state index in [2.05, 4.69) is 5.32 Å². The second-order valence-electron chi connectivity index (χ2n) is 5.42. The van der Waals surface area contributed by atoms with E-state index in [1.54, 1.807) is 6.92 Å². The van der Waals surface area contributed by atoms with Gasteiger partial charge in [0.15, 0.2) is 9.84 Å². The Bertz CT molecular complexity index is 634. The summed E-state index contributed by atoms with van der Waals surface area (Å²) >= 11 is 0. The van der Waals surface area contributed by atoms with Crippen LogP contribution in [0.5, 0.6) is 0 Å². The number of hydrogen-bond donors (Lipinski definition) is 2. The fourth-order valence-electron chi connectivity index (χ4n) is 1.91. The van der Waals surface area contributed by atoms with E-state index in [4.69, 9.17) is 5.11 Å². The van der Waals surface area contributed by atoms with Gasteiger partial charge in [0.05, 0.1) is 10.6 Å². The molecular formula is C15H21NO5S. The highest BCUT2D eigenvalue weighted by atomic mass is 32.2. The van der Waals surface area contributed by atoms with E-state index in [1.807, 2.05) is 13.8 Å². The molecule has 0 aliphatic heterocycles. The number of amides is 1. The summed E-state index contributed by atoms with van der Waals surface area (Å²) in [6, 6.07) is 4.50. The smallest absolute Gasteiger partial charge is 0.326 e. The Morgan fingerprint density at radius 1 is 1.18 bits per heavy atom. The van der Waals surface area contributed by atoms with E-state index < -0.39 is 27.8 Å². The van der Waals surface area contributed by atoms with Gasteiger partial charge in [0.2, 0.25) is 0 Å². The molecule has 2 N–H and O–H groups in total. The number of carboxylic acid groups (broad SMARTS) is 1. The first kappa shape index (κ1) is 18.2. The molecule has 6 nitrogen and oxygen atoms in total. The molecule has 1 aromatic carbocycles. The van der Waals surface area contributed by atoms with E-state index in [-0.39, 0.29) is 22.1 Å². The van der Waals surface area contributed by atoms with Crippen molar-refractivity contribution in [1.82, 2.24) is 5.32 Å². The van der Waals surface area contributed by atoms with Crippen LogP contribution in [0.2, 0.25) is 0 Å². The molecule has 122 valence electrons. The average Bonchev–Trinajstić information content (AvgIpc) is 2.46. The molecular weight excluding hydrogens is 306 g/mol. The van der Waals surface area contributed by atoms with Gasteiger partial charge in [-0.25, -0.2) is 13.2 Å². The van der Waals surface area contributed by atoms with Crippen molar-refractivity contribution in [3.05, 3.63) is 29.8 Å². The molecule has 0 saturated carbocycles. The second-order valence-corrected chi connectivity index (χ2v) is 7.70. The highest BCUT2D eigenvalue weighted by molar-refractivity contribution is 7.91. The average molecular weight is 327 g/mol. The molecule has 1 amide bonds. The molecule has 0 saturated heterocycles. The van der Waals surface area contributed by atoms with Crippen molar-refractivity contribution in [2.24, 2.45) is 5.92 Å². The number of carboxylic acids is 1. The maximum absolute atomic E-state index is 12.0. The lowest BCUT2D eigenvalue weighted by Gasteiger charge is -2.16. The van der Waals surface area contributed by atoms with Gasteiger partial charge in [0.25, 0.3) is 5.91 Å². The Morgan fingerprint density at radius 3 is 2.14 bits per heavy atom. The standard InChI is InChI=1S/C15H21NO5S/c1-4-22(20,21)12-7-5-11(6-8-12)14(17)16-13(15(18)19)9-10(2)3/h5-8,10,13H,4,9H2,1-3H3,(H,16,17)(H,18,19)/t13-/m0/s1. The zero-order valence-electron chi connectivity index (χ0n) is 12.9. The van der Waals surface area contributed by atoms with Gasteiger partial charge in [-0.05, 0) is 36.6 Å². The van der Waals surface area contributed by atoms with Gasteiger partial charge in [-0.2, -0.15) is 0 Å². The molecule has 0 unspecified atom stereocenters. The third-order valence-electron chi connectivity index (χ3n) is 3.17. The fraction of sp³-hybridized carbons (Fsp3) is 0.467. The summed E-state index contributed by atoms with van der Waals surface area (Å²) in [5.41, 5.74) is 0.227. The summed E-state index contributed by atoms with van der Waals surface area (Å²) in [6.45, 7) is 5.28. The van der Waals surface area contributed by atoms with Gasteiger partial charge in [0.1, 0.15) is 6.04 Å². The molecule has 0 aromatic heterocycles. The molecule has 0 heterocycles. The van der Waals surface area contributed by atoms with E-state index in [0.717, 1.165) is 0 Å². The highest BCUT2D eigenvalue weighted by Crippen LogP contribution is 2.13. The molecule has 0 fully saturated rings. The van der Waals surface area contributed by atoms with Crippen molar-refractivity contribution < 1.29 is 23.1 Å². The minimum absolute atomic E-state index is 0.0198. The molecule has 1 atom stereocenters. The van der Waals surface area contributed by atoms with Gasteiger partial charge in [-0.3, -0.25) is 4.79 Å². The first-order chi connectivity index (χ1) is 10.2. The van der Waals surface area contributed by atoms with Crippen LogP contribution in [0.3, 0.4) is 0 Å². The Labute approximate surface area is 130 Å². The highest BCUT2D eigenvalue weighted by Gasteiger charge is 2.22. The normalized spacial score (nSPS) is 12.9. The summed E-state index contributed by atoms with van der Waals surface area (Å²) in [5, 5.41) is 11.6. The zero-order valence-corrected chi connectivity index (χ0v) is 13.7. The Balaban J connectivity index is 2.88. The van der Waals surface area contributed by atoms with Gasteiger partial charge in [-0.15, -0.1) is 0 Å². The van der Waals surface area contributed by atoms with Gasteiger partial charge in [0, 0.05) is 5.56 Å². The van der Waals surface area contributed by atoms with Crippen LogP contribution < -0.4 is 5.32 Å². The van der Waals surface area contributed by atoms with Crippen molar-refractivity contribution in [2.75, 3.05) is 5.75 Å². The minimum atomic E-state index is -3.32. The fourth-order valence-corrected chi connectivity index (χ4v) is 2.80. The van der Waals surface area contributed by atoms with E-state index in [9.17, 15) is 18.0 Å². The number of carbonyl (C=O) groups excluding carboxylic acids is 1. The molecule has 0 radical (unpaired) electrons. The van der Waals surface area contributed by atoms with E-state index in [1.165, 1.54) is 24.3 Å². The molecule has 1 rings (SSSR count). The number of nitrogens with one attached hydrogen (secondary N) is 1. The van der Waals surface area contributed by atoms with Crippen LogP contribution in [0.1, 0.15) is 37.6 Å². The molecule has 0 bridgehead atoms. The van der Waals surface area contributed by atoms with E-state index >= 15 is 0 Å². The topological polar surface area (TPSA) is 101 Å². The van der Waals surface area contributed by atoms with Crippen molar-refractivity contribution in [3.63, 3.8) is 0 Å². The van der Waals surface area contributed by atoms with Crippen LogP contribution in [0.4, 0.5) is 0 Å². The van der Waals surface area contributed by atoms with Gasteiger partial charge < -0.3 is 10.4 Å². The monoisotopic (exact) mass is 327 g/mol. The summed E-state index contributed by atoms with van der Waals surface area (Å²) in [7, 11) is -3.32. The van der Waals surface area contributed by atoms with E-state index in [0.29, 0.717) is 6.42 Å². The van der Waals surface area contributed by atoms with Crippen molar-refractivity contribution in [1.29, 1.82) is 0 Å². The quantitative estimate of drug-likeness (QED) is 0.794. The first-order valence-corrected chi connectivity index (χ1v) is 8.69. The predicted molar refractivity (Wildman–Crippen MR) is 82.5 cm³/mol. The van der Waals surface area contributed by atoms with Gasteiger partial charge in [-0.1, -0.05) is 20.8 Å². The zero-order chi connectivity index (χ0) is 16.9. The number of rotatable bonds is 7. The van der Waals surface area contributed by atoms with Crippen LogP contribution in [0.25, 0.3) is 0 Å². The lowest BCUT2D eigenvalue weighted by Crippen LogP contribution is -2.41. The third kappa shape index (κ3) is 4.84. The lowest BCUT2D eigenvalue weighted by atomic mass is 10.0. The minimum Gasteiger partial charge on any atom is -0.480 e. The SMILES string of the molecule is CCS(=O)(=O)c1ccc(C(=O)N[C@@H](CC(C)C)C(=O)O)cc1. The molecule has 0 aliphatic carbocycles. The summed E-state index contributed by atoms with van der Waals surface area (Å²) < 4.78 is 23.4. The van der Waals surface area contributed by atoms with Crippen LogP contribution >= 0.6 is 0 Å². The molecule has 1 aromatic rings. The Morgan fingerprint density at radius 2 is 1.73 bits per heavy atom. The van der Waals surface area contributed by atoms with Gasteiger partial charge >= 0.3 is 5.97 Å². The first-order valence-electron chi connectivity index (χ1n) is 7.04. The van der Waals surface area contributed by atoms with Crippen LogP contribution in [0, 0.1) is 5.92 Å². The Hall–Kier alpha value is -1.89. The summed E-state index contributed by atoms with van der Waals surface area (Å²) in [4.78, 5) is 23.3. The van der Waals surface area contributed by atoms with Crippen LogP contribution in [0.15, 0.2) is 29.2 Å². The van der Waals surface area contributed by atoms with Crippen molar-refractivity contribution in [3.8, 4) is 0 Å². The Kier molecular flexibility index (Phi) is 6.11. The summed E-state index contributed by atoms with van der Waals surface area (Å²) in [6.07, 6.45) is 0.323. The maximum atomic E-state index is 12.0. The number of aliphatic carboxylic acids is 1. The number of sulfone groups is 1. The largest absolute Gasteiger partial charge is 0.480 e. The summed E-state index contributed by atoms with van der Waals surface area (Å²) in [5.74, 6) is -1.52. The molecule has 0 spiro atoms. The molecule has 7 heteroatoms. The third-order valence-corrected chi connectivity index (χ3v) is 4.92.